The van der Waals surface area contributed by atoms with Crippen LogP contribution in [0.5, 0.6) is 0 Å². The van der Waals surface area contributed by atoms with Gasteiger partial charge in [0.1, 0.15) is 0 Å². The van der Waals surface area contributed by atoms with Crippen molar-refractivity contribution < 1.29 is 14.7 Å². The number of nitrogens with zero attached hydrogens (tertiary/aromatic N) is 6. The van der Waals surface area contributed by atoms with Gasteiger partial charge in [0.15, 0.2) is 0 Å². The molecule has 2 amide bonds. The first kappa shape index (κ1) is 35.3. The molecule has 6 aromatic rings. The van der Waals surface area contributed by atoms with Crippen molar-refractivity contribution in [3.05, 3.63) is 109 Å². The minimum Gasteiger partial charge on any atom is -0.465 e. The molecule has 0 spiro atoms. The molecule has 53 heavy (non-hydrogen) atoms. The van der Waals surface area contributed by atoms with Crippen molar-refractivity contribution in [2.24, 2.45) is 11.8 Å². The first-order valence-electron chi connectivity index (χ1n) is 18.2. The van der Waals surface area contributed by atoms with Crippen molar-refractivity contribution in [1.82, 2.24) is 29.7 Å². The topological polar surface area (TPSA) is 136 Å². The number of fused-ring (bicyclic) bond motifs is 2. The molecule has 11 nitrogen and oxygen atoms in total. The van der Waals surface area contributed by atoms with Gasteiger partial charge < -0.3 is 25.5 Å². The number of likely N-dealkylation sites (tertiary alicyclic amines) is 2. The average molecular weight is 709 g/mol. The van der Waals surface area contributed by atoms with E-state index in [2.05, 4.69) is 91.2 Å². The second-order valence-electron chi connectivity index (χ2n) is 13.8. The Kier molecular flexibility index (Phi) is 10.7. The second-order valence-corrected chi connectivity index (χ2v) is 13.8. The highest BCUT2D eigenvalue weighted by atomic mass is 16.4. The molecule has 3 atom stereocenters. The van der Waals surface area contributed by atoms with Crippen LogP contribution in [0.3, 0.4) is 0 Å². The van der Waals surface area contributed by atoms with Crippen LogP contribution in [0.4, 0.5) is 16.7 Å². The van der Waals surface area contributed by atoms with Crippen LogP contribution >= 0.6 is 0 Å². The number of amides is 2. The van der Waals surface area contributed by atoms with E-state index in [1.165, 1.54) is 26.4 Å². The van der Waals surface area contributed by atoms with Gasteiger partial charge in [0.2, 0.25) is 17.8 Å². The highest BCUT2D eigenvalue weighted by Gasteiger charge is 2.33. The van der Waals surface area contributed by atoms with Crippen molar-refractivity contribution in [3.8, 4) is 22.5 Å². The smallest absolute Gasteiger partial charge is 0.407 e. The van der Waals surface area contributed by atoms with Crippen LogP contribution in [-0.4, -0.2) is 85.6 Å². The lowest BCUT2D eigenvalue weighted by atomic mass is 10.0. The van der Waals surface area contributed by atoms with Crippen LogP contribution in [-0.2, 0) is 4.79 Å². The third-order valence-corrected chi connectivity index (χ3v) is 10.4. The minimum atomic E-state index is -0.848. The number of carbonyl (C=O) groups is 2. The van der Waals surface area contributed by atoms with Crippen LogP contribution in [0.25, 0.3) is 44.1 Å². The molecule has 0 aliphatic carbocycles. The summed E-state index contributed by atoms with van der Waals surface area (Å²) < 4.78 is 0. The third kappa shape index (κ3) is 8.52. The average Bonchev–Trinajstić information content (AvgIpc) is 3.83. The predicted octanol–water partition coefficient (Wildman–Crippen LogP) is 7.67. The molecule has 2 saturated heterocycles. The maximum atomic E-state index is 11.4. The largest absolute Gasteiger partial charge is 0.465 e. The van der Waals surface area contributed by atoms with Crippen LogP contribution in [0.2, 0.25) is 0 Å². The Morgan fingerprint density at radius 1 is 0.717 bits per heavy atom. The van der Waals surface area contributed by atoms with E-state index in [9.17, 15) is 14.7 Å². The van der Waals surface area contributed by atoms with Crippen molar-refractivity contribution in [2.45, 2.75) is 32.7 Å². The van der Waals surface area contributed by atoms with Gasteiger partial charge in [0.25, 0.3) is 0 Å². The van der Waals surface area contributed by atoms with Crippen molar-refractivity contribution in [1.29, 1.82) is 0 Å². The van der Waals surface area contributed by atoms with Gasteiger partial charge in [-0.3, -0.25) is 4.79 Å². The number of anilines is 2. The quantitative estimate of drug-likeness (QED) is 0.146. The molecule has 0 saturated carbocycles. The minimum absolute atomic E-state index is 0.00123. The van der Waals surface area contributed by atoms with E-state index in [0.717, 1.165) is 55.0 Å². The van der Waals surface area contributed by atoms with Gasteiger partial charge in [-0.05, 0) is 77.4 Å². The van der Waals surface area contributed by atoms with E-state index in [0.29, 0.717) is 30.9 Å². The summed E-state index contributed by atoms with van der Waals surface area (Å²) in [6.45, 7) is 7.27. The molecule has 2 unspecified atom stereocenters. The van der Waals surface area contributed by atoms with Gasteiger partial charge in [-0.1, -0.05) is 72.8 Å². The number of aromatic nitrogens is 4. The van der Waals surface area contributed by atoms with Crippen molar-refractivity contribution in [2.75, 3.05) is 43.4 Å². The monoisotopic (exact) mass is 708 g/mol. The Morgan fingerprint density at radius 3 is 1.77 bits per heavy atom. The van der Waals surface area contributed by atoms with E-state index < -0.39 is 6.09 Å². The molecular formula is C42H44N8O3. The van der Waals surface area contributed by atoms with Crippen molar-refractivity contribution >= 4 is 45.4 Å². The zero-order chi connectivity index (χ0) is 36.7. The lowest BCUT2D eigenvalue weighted by Gasteiger charge is -2.22. The van der Waals surface area contributed by atoms with E-state index in [-0.39, 0.29) is 17.9 Å². The van der Waals surface area contributed by atoms with E-state index in [1.54, 1.807) is 19.3 Å². The molecule has 4 aromatic carbocycles. The fraction of sp³-hybridized carbons (Fsp3) is 0.286. The molecule has 0 bridgehead atoms. The number of hydrogen-bond acceptors (Lipinski definition) is 8. The molecule has 270 valence electrons. The Hall–Kier alpha value is -6.10. The van der Waals surface area contributed by atoms with E-state index in [4.69, 9.17) is 0 Å². The van der Waals surface area contributed by atoms with E-state index >= 15 is 0 Å². The second kappa shape index (κ2) is 16.1. The summed E-state index contributed by atoms with van der Waals surface area (Å²) in [6.07, 6.45) is 4.57. The Balaban J connectivity index is 0.000000164. The fourth-order valence-corrected chi connectivity index (χ4v) is 7.20. The maximum absolute atomic E-state index is 11.4. The number of carbonyl (C=O) groups excluding carboxylic acids is 1. The lowest BCUT2D eigenvalue weighted by molar-refractivity contribution is -0.127. The highest BCUT2D eigenvalue weighted by molar-refractivity contribution is 5.87. The van der Waals surface area contributed by atoms with E-state index in [1.807, 2.05) is 48.2 Å². The molecule has 0 radical (unpaired) electrons. The zero-order valence-electron chi connectivity index (χ0n) is 30.0. The number of rotatable bonds is 8. The molecule has 2 aromatic heterocycles. The Morgan fingerprint density at radius 2 is 1.26 bits per heavy atom. The fourth-order valence-electron chi connectivity index (χ4n) is 7.20. The number of hydrogen-bond donors (Lipinski definition) is 3. The van der Waals surface area contributed by atoms with Gasteiger partial charge in [0, 0.05) is 69.2 Å². The molecule has 8 rings (SSSR count). The molecule has 2 aliphatic heterocycles. The van der Waals surface area contributed by atoms with Crippen LogP contribution in [0, 0.1) is 11.8 Å². The Bertz CT molecular complexity index is 2230. The number of carboxylic acid groups (broad SMARTS) is 1. The first-order chi connectivity index (χ1) is 25.8. The van der Waals surface area contributed by atoms with Crippen LogP contribution in [0.1, 0.15) is 26.7 Å². The molecular weight excluding hydrogens is 665 g/mol. The highest BCUT2D eigenvalue weighted by Crippen LogP contribution is 2.27. The van der Waals surface area contributed by atoms with Gasteiger partial charge in [-0.2, -0.15) is 0 Å². The number of nitrogens with one attached hydrogen (secondary N) is 2. The molecule has 2 aliphatic rings. The lowest BCUT2D eigenvalue weighted by Crippen LogP contribution is -2.36. The summed E-state index contributed by atoms with van der Waals surface area (Å²) in [5, 5.41) is 20.6. The van der Waals surface area contributed by atoms with Crippen molar-refractivity contribution in [3.63, 3.8) is 0 Å². The van der Waals surface area contributed by atoms with Gasteiger partial charge in [-0.15, -0.1) is 0 Å². The zero-order valence-corrected chi connectivity index (χ0v) is 30.0. The van der Waals surface area contributed by atoms with Crippen LogP contribution in [0.15, 0.2) is 109 Å². The molecule has 2 fully saturated rings. The normalized spacial score (nSPS) is 18.1. The maximum Gasteiger partial charge on any atom is 0.407 e. The molecule has 3 N–H and O–H groups in total. The summed E-state index contributed by atoms with van der Waals surface area (Å²) in [5.41, 5.74) is 3.90. The van der Waals surface area contributed by atoms with Gasteiger partial charge >= 0.3 is 6.09 Å². The van der Waals surface area contributed by atoms with Gasteiger partial charge in [-0.25, -0.2) is 24.7 Å². The standard InChI is InChI=1S/C21H22N4O2.C21H22N4O/c1-14-18(9-11-25(14)21(26)27)13-23-20-22-10-8-19(24-20)17-7-6-15-4-2-3-5-16(15)12-17;1-15(26)25-11-9-16(14-25)13-23-21-22-10-8-20(24-21)19-7-6-17-4-2-3-5-18(17)12-19/h2-8,10,12,14,18H,9,11,13H2,1H3,(H,26,27)(H,22,23,24);2-8,10,12,16H,9,11,13-14H2,1H3,(H,22,23,24)/t;16-/m.0/s1. The summed E-state index contributed by atoms with van der Waals surface area (Å²) >= 11 is 0. The Labute approximate surface area is 309 Å². The summed E-state index contributed by atoms with van der Waals surface area (Å²) in [7, 11) is 0. The number of benzene rings is 4. The molecule has 11 heteroatoms. The summed E-state index contributed by atoms with van der Waals surface area (Å²) in [6, 6.07) is 33.1. The van der Waals surface area contributed by atoms with Crippen LogP contribution < -0.4 is 10.6 Å². The first-order valence-corrected chi connectivity index (χ1v) is 18.2. The summed E-state index contributed by atoms with van der Waals surface area (Å²) in [5.74, 6) is 2.07. The molecule has 4 heterocycles. The van der Waals surface area contributed by atoms with Gasteiger partial charge in [0.05, 0.1) is 11.4 Å². The SMILES string of the molecule is CC(=O)N1CC[C@@H](CNc2nccc(-c3ccc4ccccc4c3)n2)C1.CC1C(CNc2nccc(-c3ccc4ccccc4c3)n2)CCN1C(=O)O. The third-order valence-electron chi connectivity index (χ3n) is 10.4. The predicted molar refractivity (Wildman–Crippen MR) is 210 cm³/mol. The summed E-state index contributed by atoms with van der Waals surface area (Å²) in [4.78, 5) is 44.0.